The first-order valence-corrected chi connectivity index (χ1v) is 9.79. The fraction of sp³-hybridized carbons (Fsp3) is 0.636. The lowest BCUT2D eigenvalue weighted by Gasteiger charge is -2.30. The molecule has 0 aromatic carbocycles. The SMILES string of the molecule is CS(=O)(=O)N1CCC(c2ccn(S(N)(=O)=O)c2CO)CC1. The van der Waals surface area contributed by atoms with Gasteiger partial charge in [-0.2, -0.15) is 8.42 Å². The Hall–Kier alpha value is -0.940. The highest BCUT2D eigenvalue weighted by atomic mass is 32.2. The van der Waals surface area contributed by atoms with Gasteiger partial charge in [0.1, 0.15) is 0 Å². The number of piperidine rings is 1. The molecule has 1 aromatic rings. The first-order chi connectivity index (χ1) is 9.64. The minimum absolute atomic E-state index is 0.00755. The Morgan fingerprint density at radius 2 is 1.86 bits per heavy atom. The number of aliphatic hydroxyl groups excluding tert-OH is 1. The maximum absolute atomic E-state index is 11.5. The molecule has 0 saturated carbocycles. The fourth-order valence-electron chi connectivity index (χ4n) is 2.73. The normalized spacial score (nSPS) is 19.0. The first kappa shape index (κ1) is 16.4. The molecule has 0 spiro atoms. The maximum atomic E-state index is 11.5. The molecular formula is C11H19N3O5S2. The lowest BCUT2D eigenvalue weighted by Crippen LogP contribution is -2.37. The van der Waals surface area contributed by atoms with Gasteiger partial charge in [0.05, 0.1) is 18.6 Å². The Bertz CT molecular complexity index is 715. The zero-order valence-electron chi connectivity index (χ0n) is 11.6. The molecule has 2 rings (SSSR count). The molecule has 0 unspecified atom stereocenters. The maximum Gasteiger partial charge on any atom is 0.302 e. The van der Waals surface area contributed by atoms with E-state index in [9.17, 15) is 21.9 Å². The second-order valence-corrected chi connectivity index (χ2v) is 8.56. The summed E-state index contributed by atoms with van der Waals surface area (Å²) in [4.78, 5) is 0. The van der Waals surface area contributed by atoms with Crippen molar-refractivity contribution in [3.63, 3.8) is 0 Å². The summed E-state index contributed by atoms with van der Waals surface area (Å²) in [5.74, 6) is 0.00755. The molecule has 0 aliphatic carbocycles. The molecule has 1 aromatic heterocycles. The number of nitrogens with zero attached hydrogens (tertiary/aromatic N) is 2. The van der Waals surface area contributed by atoms with Crippen molar-refractivity contribution in [3.05, 3.63) is 23.5 Å². The van der Waals surface area contributed by atoms with Crippen LogP contribution in [0.2, 0.25) is 0 Å². The number of hydrogen-bond acceptors (Lipinski definition) is 5. The monoisotopic (exact) mass is 337 g/mol. The Morgan fingerprint density at radius 1 is 1.29 bits per heavy atom. The van der Waals surface area contributed by atoms with Crippen molar-refractivity contribution in [1.29, 1.82) is 0 Å². The van der Waals surface area contributed by atoms with E-state index >= 15 is 0 Å². The summed E-state index contributed by atoms with van der Waals surface area (Å²) in [6, 6.07) is 1.62. The molecule has 1 aliphatic heterocycles. The van der Waals surface area contributed by atoms with Crippen LogP contribution in [0.15, 0.2) is 12.3 Å². The Labute approximate surface area is 124 Å². The molecule has 0 amide bonds. The highest BCUT2D eigenvalue weighted by Gasteiger charge is 2.28. The summed E-state index contributed by atoms with van der Waals surface area (Å²) in [5, 5.41) is 14.5. The predicted molar refractivity (Wildman–Crippen MR) is 77.3 cm³/mol. The molecule has 2 heterocycles. The van der Waals surface area contributed by atoms with Crippen molar-refractivity contribution >= 4 is 20.2 Å². The van der Waals surface area contributed by atoms with Crippen LogP contribution in [-0.4, -0.2) is 49.6 Å². The largest absolute Gasteiger partial charge is 0.390 e. The second-order valence-electron chi connectivity index (χ2n) is 5.15. The van der Waals surface area contributed by atoms with Crippen LogP contribution in [0.5, 0.6) is 0 Å². The van der Waals surface area contributed by atoms with Gasteiger partial charge in [0.25, 0.3) is 0 Å². The van der Waals surface area contributed by atoms with E-state index in [-0.39, 0.29) is 11.6 Å². The standard InChI is InChI=1S/C11H19N3O5S2/c1-20(16,17)13-5-2-9(3-6-13)10-4-7-14(11(10)8-15)21(12,18)19/h4,7,9,15H,2-3,5-6,8H2,1H3,(H2,12,18,19). The van der Waals surface area contributed by atoms with E-state index in [4.69, 9.17) is 5.14 Å². The summed E-state index contributed by atoms with van der Waals surface area (Å²) in [5.41, 5.74) is 0.954. The van der Waals surface area contributed by atoms with Crippen LogP contribution in [0.25, 0.3) is 0 Å². The Balaban J connectivity index is 2.24. The topological polar surface area (TPSA) is 123 Å². The molecule has 3 N–H and O–H groups in total. The van der Waals surface area contributed by atoms with E-state index in [2.05, 4.69) is 0 Å². The number of sulfonamides is 1. The summed E-state index contributed by atoms with van der Waals surface area (Å²) < 4.78 is 48.1. The van der Waals surface area contributed by atoms with Gasteiger partial charge in [-0.05, 0) is 30.4 Å². The van der Waals surface area contributed by atoms with Crippen LogP contribution < -0.4 is 5.14 Å². The molecule has 1 fully saturated rings. The first-order valence-electron chi connectivity index (χ1n) is 6.44. The number of rotatable bonds is 4. The molecule has 120 valence electrons. The van der Waals surface area contributed by atoms with Gasteiger partial charge in [-0.3, -0.25) is 0 Å². The van der Waals surface area contributed by atoms with Gasteiger partial charge in [0.15, 0.2) is 0 Å². The minimum Gasteiger partial charge on any atom is -0.390 e. The average molecular weight is 337 g/mol. The van der Waals surface area contributed by atoms with Crippen LogP contribution >= 0.6 is 0 Å². The number of aromatic nitrogens is 1. The average Bonchev–Trinajstić information content (AvgIpc) is 2.81. The minimum atomic E-state index is -3.95. The van der Waals surface area contributed by atoms with Crippen LogP contribution in [0, 0.1) is 0 Å². The Kier molecular flexibility index (Phi) is 4.45. The Morgan fingerprint density at radius 3 is 2.29 bits per heavy atom. The molecule has 0 atom stereocenters. The van der Waals surface area contributed by atoms with Gasteiger partial charge in [0.2, 0.25) is 10.0 Å². The number of nitrogens with two attached hydrogens (primary N) is 1. The fourth-order valence-corrected chi connectivity index (χ4v) is 4.31. The van der Waals surface area contributed by atoms with Crippen LogP contribution in [0.1, 0.15) is 30.0 Å². The van der Waals surface area contributed by atoms with Crippen LogP contribution in [0.4, 0.5) is 0 Å². The zero-order chi connectivity index (χ0) is 15.8. The molecule has 0 bridgehead atoms. The van der Waals surface area contributed by atoms with Crippen molar-refractivity contribution in [2.24, 2.45) is 5.14 Å². The predicted octanol–water partition coefficient (Wildman–Crippen LogP) is -0.829. The van der Waals surface area contributed by atoms with Gasteiger partial charge in [-0.1, -0.05) is 0 Å². The smallest absolute Gasteiger partial charge is 0.302 e. The molecule has 1 aliphatic rings. The van der Waals surface area contributed by atoms with E-state index in [0.717, 1.165) is 3.97 Å². The summed E-state index contributed by atoms with van der Waals surface area (Å²) in [7, 11) is -7.15. The number of hydrogen-bond donors (Lipinski definition) is 2. The quantitative estimate of drug-likeness (QED) is 0.742. The summed E-state index contributed by atoms with van der Waals surface area (Å²) in [6.45, 7) is 0.328. The van der Waals surface area contributed by atoms with Crippen molar-refractivity contribution in [2.45, 2.75) is 25.4 Å². The summed E-state index contributed by atoms with van der Waals surface area (Å²) >= 11 is 0. The van der Waals surface area contributed by atoms with E-state index < -0.39 is 26.8 Å². The third-order valence-corrected chi connectivity index (χ3v) is 5.97. The third kappa shape index (κ3) is 3.46. The molecule has 0 radical (unpaired) electrons. The highest BCUT2D eigenvalue weighted by molar-refractivity contribution is 7.88. The molecule has 1 saturated heterocycles. The lowest BCUT2D eigenvalue weighted by atomic mass is 9.90. The van der Waals surface area contributed by atoms with E-state index in [1.54, 1.807) is 6.07 Å². The van der Waals surface area contributed by atoms with Crippen molar-refractivity contribution in [2.75, 3.05) is 19.3 Å². The van der Waals surface area contributed by atoms with E-state index in [0.29, 0.717) is 31.5 Å². The summed E-state index contributed by atoms with van der Waals surface area (Å²) in [6.07, 6.45) is 3.65. The van der Waals surface area contributed by atoms with Crippen molar-refractivity contribution in [1.82, 2.24) is 8.28 Å². The zero-order valence-corrected chi connectivity index (χ0v) is 13.3. The van der Waals surface area contributed by atoms with Gasteiger partial charge in [-0.25, -0.2) is 21.8 Å². The van der Waals surface area contributed by atoms with Gasteiger partial charge in [0, 0.05) is 19.3 Å². The number of aliphatic hydroxyl groups is 1. The molecule has 21 heavy (non-hydrogen) atoms. The van der Waals surface area contributed by atoms with Gasteiger partial charge < -0.3 is 5.11 Å². The van der Waals surface area contributed by atoms with E-state index in [1.807, 2.05) is 0 Å². The third-order valence-electron chi connectivity index (χ3n) is 3.78. The molecule has 8 nitrogen and oxygen atoms in total. The van der Waals surface area contributed by atoms with Gasteiger partial charge >= 0.3 is 10.2 Å². The second kappa shape index (κ2) is 5.69. The van der Waals surface area contributed by atoms with E-state index in [1.165, 1.54) is 16.8 Å². The van der Waals surface area contributed by atoms with Crippen molar-refractivity contribution < 1.29 is 21.9 Å². The van der Waals surface area contributed by atoms with Crippen LogP contribution in [0.3, 0.4) is 0 Å². The molecular weight excluding hydrogens is 318 g/mol. The highest BCUT2D eigenvalue weighted by Crippen LogP contribution is 2.32. The lowest BCUT2D eigenvalue weighted by molar-refractivity contribution is 0.269. The van der Waals surface area contributed by atoms with Crippen LogP contribution in [-0.2, 0) is 26.8 Å². The van der Waals surface area contributed by atoms with Gasteiger partial charge in [-0.15, -0.1) is 0 Å². The van der Waals surface area contributed by atoms with Crippen molar-refractivity contribution in [3.8, 4) is 0 Å². The molecule has 10 heteroatoms.